The summed E-state index contributed by atoms with van der Waals surface area (Å²) in [5.74, 6) is -0.750. The van der Waals surface area contributed by atoms with Crippen LogP contribution in [0, 0.1) is 5.82 Å². The van der Waals surface area contributed by atoms with Crippen molar-refractivity contribution < 1.29 is 27.1 Å². The lowest BCUT2D eigenvalue weighted by atomic mass is 9.94. The smallest absolute Gasteiger partial charge is 0.264 e. The molecule has 0 aromatic heterocycles. The molecule has 1 aliphatic rings. The quantitative estimate of drug-likeness (QED) is 0.165. The van der Waals surface area contributed by atoms with Gasteiger partial charge in [0, 0.05) is 19.0 Å². The highest BCUT2D eigenvalue weighted by Crippen LogP contribution is 2.27. The minimum atomic E-state index is -4.22. The Morgan fingerprint density at radius 1 is 0.833 bits per heavy atom. The summed E-state index contributed by atoms with van der Waals surface area (Å²) < 4.78 is 48.9. The van der Waals surface area contributed by atoms with Crippen LogP contribution in [0.2, 0.25) is 0 Å². The maximum Gasteiger partial charge on any atom is 0.264 e. The van der Waals surface area contributed by atoms with Crippen LogP contribution in [0.4, 0.5) is 10.1 Å². The van der Waals surface area contributed by atoms with E-state index in [-0.39, 0.29) is 35.5 Å². The third kappa shape index (κ3) is 9.01. The van der Waals surface area contributed by atoms with Gasteiger partial charge in [-0.25, -0.2) is 12.8 Å². The molecule has 4 aromatic carbocycles. The zero-order chi connectivity index (χ0) is 33.9. The van der Waals surface area contributed by atoms with Crippen molar-refractivity contribution in [3.8, 4) is 5.75 Å². The number of ether oxygens (including phenoxy) is 1. The SMILES string of the molecule is CCOc1ccc(N(CC(=O)N(Cc2ccc(F)cc2)C(Cc2ccccc2)C(=O)NC2CCCCC2)S(=O)(=O)c2ccccc2)cc1. The molecule has 8 nitrogen and oxygen atoms in total. The number of benzene rings is 4. The normalized spacial score (nSPS) is 14.1. The summed E-state index contributed by atoms with van der Waals surface area (Å²) in [7, 11) is -4.22. The van der Waals surface area contributed by atoms with Crippen LogP contribution < -0.4 is 14.4 Å². The molecule has 1 atom stereocenters. The molecule has 0 aliphatic heterocycles. The maximum absolute atomic E-state index is 14.6. The van der Waals surface area contributed by atoms with Crippen LogP contribution >= 0.6 is 0 Å². The third-order valence-corrected chi connectivity index (χ3v) is 10.3. The first-order valence-corrected chi connectivity index (χ1v) is 17.9. The summed E-state index contributed by atoms with van der Waals surface area (Å²) in [6.45, 7) is 1.68. The van der Waals surface area contributed by atoms with Crippen molar-refractivity contribution in [1.82, 2.24) is 10.2 Å². The fourth-order valence-corrected chi connectivity index (χ4v) is 7.44. The molecule has 1 saturated carbocycles. The van der Waals surface area contributed by atoms with Crippen LogP contribution in [0.5, 0.6) is 5.75 Å². The number of sulfonamides is 1. The maximum atomic E-state index is 14.6. The summed E-state index contributed by atoms with van der Waals surface area (Å²) in [5.41, 5.74) is 1.72. The summed E-state index contributed by atoms with van der Waals surface area (Å²) in [5, 5.41) is 3.19. The standard InChI is InChI=1S/C38H42FN3O5S/c1-2-47-34-24-22-33(23-25-34)42(48(45,46)35-16-10-5-11-17-35)28-37(43)41(27-30-18-20-31(39)21-19-30)36(26-29-12-6-3-7-13-29)38(44)40-32-14-8-4-9-15-32/h3,5-7,10-13,16-25,32,36H,2,4,8-9,14-15,26-28H2,1H3,(H,40,44). The fourth-order valence-electron chi connectivity index (χ4n) is 6.01. The van der Waals surface area contributed by atoms with Gasteiger partial charge in [0.05, 0.1) is 17.2 Å². The predicted molar refractivity (Wildman–Crippen MR) is 184 cm³/mol. The Labute approximate surface area is 282 Å². The van der Waals surface area contributed by atoms with E-state index in [1.807, 2.05) is 37.3 Å². The van der Waals surface area contributed by atoms with Crippen LogP contribution in [0.3, 0.4) is 0 Å². The molecule has 5 rings (SSSR count). The molecular weight excluding hydrogens is 629 g/mol. The van der Waals surface area contributed by atoms with E-state index in [1.165, 1.54) is 29.2 Å². The Morgan fingerprint density at radius 3 is 2.08 bits per heavy atom. The topological polar surface area (TPSA) is 96.0 Å². The molecule has 2 amide bonds. The molecule has 0 spiro atoms. The van der Waals surface area contributed by atoms with E-state index in [0.717, 1.165) is 42.0 Å². The fraction of sp³-hybridized carbons (Fsp3) is 0.316. The number of halogens is 1. The zero-order valence-corrected chi connectivity index (χ0v) is 27.9. The van der Waals surface area contributed by atoms with Gasteiger partial charge in [-0.1, -0.05) is 79.9 Å². The molecule has 48 heavy (non-hydrogen) atoms. The largest absolute Gasteiger partial charge is 0.494 e. The number of carbonyl (C=O) groups is 2. The number of amides is 2. The molecule has 10 heteroatoms. The van der Waals surface area contributed by atoms with E-state index < -0.39 is 34.3 Å². The highest BCUT2D eigenvalue weighted by molar-refractivity contribution is 7.92. The molecule has 1 unspecified atom stereocenters. The summed E-state index contributed by atoms with van der Waals surface area (Å²) in [6.07, 6.45) is 5.07. The van der Waals surface area contributed by atoms with Gasteiger partial charge in [0.2, 0.25) is 11.8 Å². The van der Waals surface area contributed by atoms with Crippen molar-refractivity contribution in [3.63, 3.8) is 0 Å². The molecular formula is C38H42FN3O5S. The molecule has 252 valence electrons. The van der Waals surface area contributed by atoms with E-state index >= 15 is 0 Å². The lowest BCUT2D eigenvalue weighted by Crippen LogP contribution is -2.55. The monoisotopic (exact) mass is 671 g/mol. The van der Waals surface area contributed by atoms with Gasteiger partial charge in [0.25, 0.3) is 10.0 Å². The third-order valence-electron chi connectivity index (χ3n) is 8.53. The van der Waals surface area contributed by atoms with E-state index in [4.69, 9.17) is 4.74 Å². The van der Waals surface area contributed by atoms with Gasteiger partial charge in [0.1, 0.15) is 24.2 Å². The van der Waals surface area contributed by atoms with Crippen LogP contribution in [-0.2, 0) is 32.6 Å². The number of anilines is 1. The Morgan fingerprint density at radius 2 is 1.46 bits per heavy atom. The molecule has 1 aliphatic carbocycles. The second-order valence-corrected chi connectivity index (χ2v) is 13.8. The van der Waals surface area contributed by atoms with E-state index in [9.17, 15) is 22.4 Å². The Bertz CT molecular complexity index is 1730. The van der Waals surface area contributed by atoms with Crippen LogP contribution in [0.15, 0.2) is 114 Å². The zero-order valence-electron chi connectivity index (χ0n) is 27.1. The number of nitrogens with zero attached hydrogens (tertiary/aromatic N) is 2. The minimum absolute atomic E-state index is 0.00823. The van der Waals surface area contributed by atoms with Gasteiger partial charge in [-0.15, -0.1) is 0 Å². The summed E-state index contributed by atoms with van der Waals surface area (Å²) >= 11 is 0. The molecule has 1 N–H and O–H groups in total. The van der Waals surface area contributed by atoms with Crippen molar-refractivity contribution >= 4 is 27.5 Å². The van der Waals surface area contributed by atoms with Gasteiger partial charge in [-0.2, -0.15) is 0 Å². The number of carbonyl (C=O) groups excluding carboxylic acids is 2. The molecule has 1 fully saturated rings. The Hall–Kier alpha value is -4.70. The number of nitrogens with one attached hydrogen (secondary N) is 1. The Balaban J connectivity index is 1.55. The summed E-state index contributed by atoms with van der Waals surface area (Å²) in [4.78, 5) is 30.2. The van der Waals surface area contributed by atoms with Gasteiger partial charge in [-0.3, -0.25) is 13.9 Å². The van der Waals surface area contributed by atoms with Gasteiger partial charge in [0.15, 0.2) is 0 Å². The number of hydrogen-bond donors (Lipinski definition) is 1. The van der Waals surface area contributed by atoms with E-state index in [1.54, 1.807) is 54.6 Å². The van der Waals surface area contributed by atoms with Gasteiger partial charge in [-0.05, 0) is 79.4 Å². The van der Waals surface area contributed by atoms with Crippen molar-refractivity contribution in [1.29, 1.82) is 0 Å². The average Bonchev–Trinajstić information content (AvgIpc) is 3.11. The van der Waals surface area contributed by atoms with Crippen molar-refractivity contribution in [3.05, 3.63) is 126 Å². The molecule has 0 heterocycles. The lowest BCUT2D eigenvalue weighted by Gasteiger charge is -2.35. The second-order valence-electron chi connectivity index (χ2n) is 11.9. The van der Waals surface area contributed by atoms with Crippen LogP contribution in [-0.4, -0.2) is 50.4 Å². The molecule has 0 bridgehead atoms. The van der Waals surface area contributed by atoms with Crippen LogP contribution in [0.1, 0.15) is 50.2 Å². The minimum Gasteiger partial charge on any atom is -0.494 e. The predicted octanol–water partition coefficient (Wildman–Crippen LogP) is 6.51. The second kappa shape index (κ2) is 16.4. The molecule has 4 aromatic rings. The van der Waals surface area contributed by atoms with E-state index in [0.29, 0.717) is 17.9 Å². The summed E-state index contributed by atoms with van der Waals surface area (Å²) in [6, 6.07) is 28.6. The number of hydrogen-bond acceptors (Lipinski definition) is 5. The molecule has 0 radical (unpaired) electrons. The van der Waals surface area contributed by atoms with Crippen molar-refractivity contribution in [2.24, 2.45) is 0 Å². The van der Waals surface area contributed by atoms with Crippen LogP contribution in [0.25, 0.3) is 0 Å². The first kappa shape index (κ1) is 34.6. The lowest BCUT2D eigenvalue weighted by molar-refractivity contribution is -0.140. The number of rotatable bonds is 14. The van der Waals surface area contributed by atoms with Crippen molar-refractivity contribution in [2.75, 3.05) is 17.5 Å². The van der Waals surface area contributed by atoms with Gasteiger partial charge >= 0.3 is 0 Å². The highest BCUT2D eigenvalue weighted by Gasteiger charge is 2.35. The Kier molecular flexibility index (Phi) is 11.8. The first-order chi connectivity index (χ1) is 23.2. The highest BCUT2D eigenvalue weighted by atomic mass is 32.2. The first-order valence-electron chi connectivity index (χ1n) is 16.4. The average molecular weight is 672 g/mol. The van der Waals surface area contributed by atoms with E-state index in [2.05, 4.69) is 5.32 Å². The van der Waals surface area contributed by atoms with Gasteiger partial charge < -0.3 is 15.0 Å². The molecule has 0 saturated heterocycles. The van der Waals surface area contributed by atoms with Crippen molar-refractivity contribution in [2.45, 2.75) is 69.0 Å².